The van der Waals surface area contributed by atoms with Crippen LogP contribution in [0.25, 0.3) is 0 Å². The van der Waals surface area contributed by atoms with Crippen LogP contribution in [0, 0.1) is 0 Å². The van der Waals surface area contributed by atoms with Crippen molar-refractivity contribution in [2.24, 2.45) is 4.99 Å². The molecule has 1 N–H and O–H groups in total. The van der Waals surface area contributed by atoms with Crippen molar-refractivity contribution >= 4 is 29.3 Å². The topological polar surface area (TPSA) is 40.1 Å². The highest BCUT2D eigenvalue weighted by atomic mass is 35.5. The van der Waals surface area contributed by atoms with E-state index in [1.54, 1.807) is 0 Å². The number of nitrogens with one attached hydrogen (secondary N) is 1. The highest BCUT2D eigenvalue weighted by molar-refractivity contribution is 7.99. The predicted octanol–water partition coefficient (Wildman–Crippen LogP) is 2.56. The van der Waals surface area contributed by atoms with Crippen molar-refractivity contribution in [3.05, 3.63) is 34.9 Å². The fourth-order valence-corrected chi connectivity index (χ4v) is 5.31. The van der Waals surface area contributed by atoms with Gasteiger partial charge in [0.2, 0.25) is 0 Å². The molecule has 0 bridgehead atoms. The first-order chi connectivity index (χ1) is 12.6. The monoisotopic (exact) mass is 396 g/mol. The van der Waals surface area contributed by atoms with E-state index in [0.717, 1.165) is 50.4 Å². The summed E-state index contributed by atoms with van der Waals surface area (Å²) in [6.45, 7) is 5.48. The zero-order valence-electron chi connectivity index (χ0n) is 15.7. The zero-order chi connectivity index (χ0) is 18.4. The molecule has 2 fully saturated rings. The molecule has 5 nitrogen and oxygen atoms in total. The lowest BCUT2D eigenvalue weighted by Crippen LogP contribution is -2.60. The number of thioether (sulfide) groups is 1. The van der Waals surface area contributed by atoms with Gasteiger partial charge in [-0.15, -0.1) is 0 Å². The SMILES string of the molecule is CN=C(NCC1(N2CCOCC2)CCSC1)N(C)Cc1ccc(Cl)cc1. The number of halogens is 1. The minimum absolute atomic E-state index is 0.214. The van der Waals surface area contributed by atoms with Gasteiger partial charge in [-0.05, 0) is 29.9 Å². The number of rotatable bonds is 5. The Labute approximate surface area is 166 Å². The molecule has 1 unspecified atom stereocenters. The molecule has 0 spiro atoms. The summed E-state index contributed by atoms with van der Waals surface area (Å²) in [4.78, 5) is 9.28. The molecule has 2 heterocycles. The molecule has 0 amide bonds. The molecular formula is C19H29ClN4OS. The summed E-state index contributed by atoms with van der Waals surface area (Å²) in [6, 6.07) is 8.00. The van der Waals surface area contributed by atoms with Crippen LogP contribution < -0.4 is 5.32 Å². The van der Waals surface area contributed by atoms with Gasteiger partial charge in [0.25, 0.3) is 0 Å². The molecule has 0 radical (unpaired) electrons. The minimum Gasteiger partial charge on any atom is -0.379 e. The maximum Gasteiger partial charge on any atom is 0.193 e. The molecule has 7 heteroatoms. The highest BCUT2D eigenvalue weighted by Gasteiger charge is 2.40. The Morgan fingerprint density at radius 2 is 2.08 bits per heavy atom. The Hall–Kier alpha value is -0.950. The molecule has 1 atom stereocenters. The average molecular weight is 397 g/mol. The van der Waals surface area contributed by atoms with Gasteiger partial charge in [-0.25, -0.2) is 0 Å². The van der Waals surface area contributed by atoms with E-state index < -0.39 is 0 Å². The largest absolute Gasteiger partial charge is 0.379 e. The van der Waals surface area contributed by atoms with Crippen LogP contribution in [0.4, 0.5) is 0 Å². The van der Waals surface area contributed by atoms with E-state index in [4.69, 9.17) is 16.3 Å². The number of aliphatic imine (C=N–C) groups is 1. The number of hydrogen-bond donors (Lipinski definition) is 1. The number of nitrogens with zero attached hydrogens (tertiary/aromatic N) is 3. The number of morpholine rings is 1. The molecule has 144 valence electrons. The van der Waals surface area contributed by atoms with Crippen LogP contribution in [0.2, 0.25) is 5.02 Å². The third-order valence-electron chi connectivity index (χ3n) is 5.25. The first kappa shape index (κ1) is 19.8. The van der Waals surface area contributed by atoms with Gasteiger partial charge in [-0.1, -0.05) is 23.7 Å². The van der Waals surface area contributed by atoms with Gasteiger partial charge in [0, 0.05) is 56.6 Å². The third kappa shape index (κ3) is 4.85. The van der Waals surface area contributed by atoms with E-state index in [0.29, 0.717) is 0 Å². The summed E-state index contributed by atoms with van der Waals surface area (Å²) >= 11 is 8.04. The molecule has 2 aliphatic rings. The Morgan fingerprint density at radius 3 is 2.69 bits per heavy atom. The van der Waals surface area contributed by atoms with Crippen LogP contribution in [0.5, 0.6) is 0 Å². The van der Waals surface area contributed by atoms with Crippen molar-refractivity contribution in [2.75, 3.05) is 58.4 Å². The Kier molecular flexibility index (Phi) is 7.09. The van der Waals surface area contributed by atoms with Crippen LogP contribution in [0.1, 0.15) is 12.0 Å². The molecule has 0 aromatic heterocycles. The maximum atomic E-state index is 5.98. The second-order valence-corrected chi connectivity index (χ2v) is 8.55. The van der Waals surface area contributed by atoms with Gasteiger partial charge in [0.1, 0.15) is 0 Å². The molecule has 2 aliphatic heterocycles. The summed E-state index contributed by atoms with van der Waals surface area (Å²) in [7, 11) is 3.93. The fourth-order valence-electron chi connectivity index (χ4n) is 3.70. The molecule has 1 aromatic rings. The normalized spacial score (nSPS) is 24.7. The molecule has 26 heavy (non-hydrogen) atoms. The van der Waals surface area contributed by atoms with Crippen LogP contribution in [0.3, 0.4) is 0 Å². The highest BCUT2D eigenvalue weighted by Crippen LogP contribution is 2.33. The average Bonchev–Trinajstić information content (AvgIpc) is 3.15. The zero-order valence-corrected chi connectivity index (χ0v) is 17.3. The first-order valence-electron chi connectivity index (χ1n) is 9.20. The second-order valence-electron chi connectivity index (χ2n) is 7.01. The minimum atomic E-state index is 0.214. The van der Waals surface area contributed by atoms with Crippen LogP contribution >= 0.6 is 23.4 Å². The van der Waals surface area contributed by atoms with Gasteiger partial charge in [0.05, 0.1) is 13.2 Å². The molecule has 0 aliphatic carbocycles. The van der Waals surface area contributed by atoms with E-state index in [1.807, 2.05) is 19.2 Å². The molecular weight excluding hydrogens is 368 g/mol. The van der Waals surface area contributed by atoms with Crippen molar-refractivity contribution in [1.29, 1.82) is 0 Å². The third-order valence-corrected chi connectivity index (χ3v) is 6.73. The number of benzene rings is 1. The lowest BCUT2D eigenvalue weighted by atomic mass is 9.95. The van der Waals surface area contributed by atoms with Crippen LogP contribution in [-0.2, 0) is 11.3 Å². The Balaban J connectivity index is 1.60. The summed E-state index contributed by atoms with van der Waals surface area (Å²) in [6.07, 6.45) is 1.22. The number of hydrogen-bond acceptors (Lipinski definition) is 4. The van der Waals surface area contributed by atoms with Crippen LogP contribution in [-0.4, -0.2) is 79.7 Å². The number of ether oxygens (including phenoxy) is 1. The van der Waals surface area contributed by atoms with E-state index in [1.165, 1.54) is 23.5 Å². The Bertz CT molecular complexity index is 598. The van der Waals surface area contributed by atoms with Crippen molar-refractivity contribution in [3.63, 3.8) is 0 Å². The number of guanidine groups is 1. The maximum absolute atomic E-state index is 5.98. The first-order valence-corrected chi connectivity index (χ1v) is 10.7. The molecule has 0 saturated carbocycles. The molecule has 1 aromatic carbocycles. The van der Waals surface area contributed by atoms with Gasteiger partial charge in [-0.2, -0.15) is 11.8 Å². The lowest BCUT2D eigenvalue weighted by molar-refractivity contribution is -0.0121. The van der Waals surface area contributed by atoms with E-state index in [-0.39, 0.29) is 5.54 Å². The summed E-state index contributed by atoms with van der Waals surface area (Å²) < 4.78 is 5.55. The van der Waals surface area contributed by atoms with E-state index >= 15 is 0 Å². The lowest BCUT2D eigenvalue weighted by Gasteiger charge is -2.43. The standard InChI is InChI=1S/C19H29ClN4OS/c1-21-18(23(2)13-16-3-5-17(20)6-4-16)22-14-19(7-12-26-15-19)24-8-10-25-11-9-24/h3-6H,7-15H2,1-2H3,(H,21,22). The van der Waals surface area contributed by atoms with Crippen LogP contribution in [0.15, 0.2) is 29.3 Å². The summed E-state index contributed by atoms with van der Waals surface area (Å²) in [5, 5.41) is 4.40. The van der Waals surface area contributed by atoms with Crippen molar-refractivity contribution in [3.8, 4) is 0 Å². The smallest absolute Gasteiger partial charge is 0.193 e. The second kappa shape index (κ2) is 9.31. The Morgan fingerprint density at radius 1 is 1.35 bits per heavy atom. The predicted molar refractivity (Wildman–Crippen MR) is 111 cm³/mol. The van der Waals surface area contributed by atoms with Gasteiger partial charge >= 0.3 is 0 Å². The molecule has 3 rings (SSSR count). The molecule has 2 saturated heterocycles. The summed E-state index contributed by atoms with van der Waals surface area (Å²) in [5.41, 5.74) is 1.44. The van der Waals surface area contributed by atoms with Crippen molar-refractivity contribution < 1.29 is 4.74 Å². The van der Waals surface area contributed by atoms with Crippen molar-refractivity contribution in [1.82, 2.24) is 15.1 Å². The van der Waals surface area contributed by atoms with Gasteiger partial charge in [-0.3, -0.25) is 9.89 Å². The van der Waals surface area contributed by atoms with E-state index in [2.05, 4.69) is 51.1 Å². The van der Waals surface area contributed by atoms with Gasteiger partial charge in [0.15, 0.2) is 5.96 Å². The van der Waals surface area contributed by atoms with Crippen molar-refractivity contribution in [2.45, 2.75) is 18.5 Å². The quantitative estimate of drug-likeness (QED) is 0.611. The van der Waals surface area contributed by atoms with Gasteiger partial charge < -0.3 is 15.0 Å². The van der Waals surface area contributed by atoms with E-state index in [9.17, 15) is 0 Å². The summed E-state index contributed by atoms with van der Waals surface area (Å²) in [5.74, 6) is 3.35. The fraction of sp³-hybridized carbons (Fsp3) is 0.632.